The van der Waals surface area contributed by atoms with Crippen molar-refractivity contribution in [2.24, 2.45) is 16.7 Å². The van der Waals surface area contributed by atoms with E-state index < -0.39 is 17.5 Å². The van der Waals surface area contributed by atoms with Crippen LogP contribution in [0.2, 0.25) is 0 Å². The Morgan fingerprint density at radius 1 is 1.43 bits per heavy atom. The average molecular weight is 325 g/mol. The molecule has 0 aromatic heterocycles. The molecule has 7 heteroatoms. The average Bonchev–Trinajstić information content (AvgIpc) is 2.52. The maximum atomic E-state index is 12.4. The quantitative estimate of drug-likeness (QED) is 0.740. The van der Waals surface area contributed by atoms with Gasteiger partial charge in [-0.2, -0.15) is 13.2 Å². The van der Waals surface area contributed by atoms with Gasteiger partial charge >= 0.3 is 12.1 Å². The summed E-state index contributed by atoms with van der Waals surface area (Å²) in [5, 5.41) is 0. The summed E-state index contributed by atoms with van der Waals surface area (Å²) in [6.07, 6.45) is -3.88. The Morgan fingerprint density at radius 3 is 2.29 bits per heavy atom. The van der Waals surface area contributed by atoms with Gasteiger partial charge in [-0.05, 0) is 29.7 Å². The van der Waals surface area contributed by atoms with Crippen molar-refractivity contribution in [1.82, 2.24) is 4.31 Å². The lowest BCUT2D eigenvalue weighted by Crippen LogP contribution is -2.43. The van der Waals surface area contributed by atoms with E-state index in [1.54, 1.807) is 0 Å². The third-order valence-electron chi connectivity index (χ3n) is 5.13. The van der Waals surface area contributed by atoms with Gasteiger partial charge in [-0.1, -0.05) is 27.7 Å². The van der Waals surface area contributed by atoms with Crippen molar-refractivity contribution in [3.63, 3.8) is 0 Å². The molecule has 0 aliphatic heterocycles. The van der Waals surface area contributed by atoms with Crippen LogP contribution >= 0.6 is 11.9 Å². The van der Waals surface area contributed by atoms with Crippen molar-refractivity contribution in [2.75, 3.05) is 12.8 Å². The van der Waals surface area contributed by atoms with Crippen LogP contribution < -0.4 is 0 Å². The van der Waals surface area contributed by atoms with E-state index in [0.717, 1.165) is 19.0 Å². The van der Waals surface area contributed by atoms with Crippen LogP contribution in [0.5, 0.6) is 0 Å². The lowest BCUT2D eigenvalue weighted by molar-refractivity contribution is -0.178. The van der Waals surface area contributed by atoms with E-state index >= 15 is 0 Å². The normalized spacial score (nSPS) is 28.8. The monoisotopic (exact) mass is 325 g/mol. The van der Waals surface area contributed by atoms with Crippen molar-refractivity contribution in [3.05, 3.63) is 0 Å². The van der Waals surface area contributed by atoms with Gasteiger partial charge in [0.1, 0.15) is 5.78 Å². The number of rotatable bonds is 4. The summed E-state index contributed by atoms with van der Waals surface area (Å²) in [6.45, 7) is 7.84. The van der Waals surface area contributed by atoms with Crippen LogP contribution in [0.1, 0.15) is 40.5 Å². The minimum absolute atomic E-state index is 0.0860. The molecule has 3 nitrogen and oxygen atoms in total. The van der Waals surface area contributed by atoms with Crippen molar-refractivity contribution < 1.29 is 22.8 Å². The molecule has 122 valence electrons. The van der Waals surface area contributed by atoms with Crippen LogP contribution in [0.25, 0.3) is 0 Å². The Labute approximate surface area is 127 Å². The van der Waals surface area contributed by atoms with Gasteiger partial charge in [-0.25, -0.2) is 0 Å². The Hall–Kier alpha value is -0.720. The second kappa shape index (κ2) is 5.82. The maximum Gasteiger partial charge on any atom is 0.472 e. The molecule has 2 atom stereocenters. The van der Waals surface area contributed by atoms with Crippen LogP contribution in [0.15, 0.2) is 0 Å². The summed E-state index contributed by atoms with van der Waals surface area (Å²) in [4.78, 5) is 23.6. The van der Waals surface area contributed by atoms with Crippen molar-refractivity contribution in [3.8, 4) is 0 Å². The van der Waals surface area contributed by atoms with E-state index in [2.05, 4.69) is 0 Å². The Balaban J connectivity index is 2.89. The maximum absolute atomic E-state index is 12.4. The smallest absolute Gasteiger partial charge is 0.299 e. The zero-order valence-electron chi connectivity index (χ0n) is 13.0. The van der Waals surface area contributed by atoms with Crippen LogP contribution in [0.3, 0.4) is 0 Å². The molecule has 1 amide bonds. The first kappa shape index (κ1) is 18.3. The molecular formula is C14H22F3NO2S. The predicted octanol–water partition coefficient (Wildman–Crippen LogP) is 3.69. The van der Waals surface area contributed by atoms with E-state index in [9.17, 15) is 22.8 Å². The van der Waals surface area contributed by atoms with Crippen LogP contribution in [-0.2, 0) is 9.59 Å². The summed E-state index contributed by atoms with van der Waals surface area (Å²) >= 11 is 0.783. The number of ketones is 1. The lowest BCUT2D eigenvalue weighted by Gasteiger charge is -2.42. The Morgan fingerprint density at radius 2 is 1.95 bits per heavy atom. The standard InChI is InChI=1S/C14H22F3NO2S/c1-6-13(10(19)7-9(2)12(13,3)4)8-21-18(5)11(20)14(15,16)17/h9H,6-8H2,1-5H3. The van der Waals surface area contributed by atoms with Crippen molar-refractivity contribution in [2.45, 2.75) is 46.7 Å². The summed E-state index contributed by atoms with van der Waals surface area (Å²) in [5.74, 6) is -1.44. The number of carbonyl (C=O) groups excluding carboxylic acids is 2. The molecule has 1 fully saturated rings. The van der Waals surface area contributed by atoms with Gasteiger partial charge in [0.25, 0.3) is 0 Å². The minimum Gasteiger partial charge on any atom is -0.299 e. The molecule has 0 radical (unpaired) electrons. The zero-order valence-corrected chi connectivity index (χ0v) is 13.8. The fraction of sp³-hybridized carbons (Fsp3) is 0.857. The number of nitrogens with zero attached hydrogens (tertiary/aromatic N) is 1. The van der Waals surface area contributed by atoms with Gasteiger partial charge in [0.2, 0.25) is 0 Å². The van der Waals surface area contributed by atoms with Crippen LogP contribution in [-0.4, -0.2) is 35.0 Å². The zero-order chi connectivity index (χ0) is 16.6. The summed E-state index contributed by atoms with van der Waals surface area (Å²) < 4.78 is 37.8. The van der Waals surface area contributed by atoms with E-state index in [1.165, 1.54) is 0 Å². The number of hydrogen-bond donors (Lipinski definition) is 0. The number of alkyl halides is 3. The highest BCUT2D eigenvalue weighted by Crippen LogP contribution is 2.57. The lowest BCUT2D eigenvalue weighted by atomic mass is 9.64. The van der Waals surface area contributed by atoms with E-state index in [-0.39, 0.29) is 22.9 Å². The molecule has 0 bridgehead atoms. The second-order valence-corrected chi connectivity index (χ2v) is 7.35. The molecule has 0 saturated heterocycles. The number of hydrogen-bond acceptors (Lipinski definition) is 3. The highest BCUT2D eigenvalue weighted by atomic mass is 32.2. The molecule has 0 N–H and O–H groups in total. The van der Waals surface area contributed by atoms with Gasteiger partial charge in [-0.15, -0.1) is 0 Å². The topological polar surface area (TPSA) is 37.4 Å². The highest BCUT2D eigenvalue weighted by Gasteiger charge is 2.57. The van der Waals surface area contributed by atoms with Gasteiger partial charge in [0.05, 0.1) is 0 Å². The van der Waals surface area contributed by atoms with Gasteiger partial charge < -0.3 is 0 Å². The number of Topliss-reactive ketones (excluding diaryl/α,β-unsaturated/α-hetero) is 1. The van der Waals surface area contributed by atoms with Crippen LogP contribution in [0, 0.1) is 16.7 Å². The summed E-state index contributed by atoms with van der Waals surface area (Å²) in [7, 11) is 1.10. The molecule has 1 saturated carbocycles. The van der Waals surface area contributed by atoms with Gasteiger partial charge in [-0.3, -0.25) is 13.9 Å². The van der Waals surface area contributed by atoms with E-state index in [1.807, 2.05) is 27.7 Å². The summed E-state index contributed by atoms with van der Waals surface area (Å²) in [6, 6.07) is 0. The van der Waals surface area contributed by atoms with Gasteiger partial charge in [0.15, 0.2) is 0 Å². The first-order chi connectivity index (χ1) is 9.40. The summed E-state index contributed by atoms with van der Waals surface area (Å²) in [5.41, 5.74) is -0.981. The van der Waals surface area contributed by atoms with Gasteiger partial charge in [0, 0.05) is 24.6 Å². The minimum atomic E-state index is -4.89. The van der Waals surface area contributed by atoms with E-state index in [0.29, 0.717) is 17.1 Å². The van der Waals surface area contributed by atoms with Crippen molar-refractivity contribution in [1.29, 1.82) is 0 Å². The molecular weight excluding hydrogens is 303 g/mol. The second-order valence-electron chi connectivity index (χ2n) is 6.26. The molecule has 1 rings (SSSR count). The Bertz CT molecular complexity index is 436. The molecule has 1 aliphatic rings. The fourth-order valence-corrected chi connectivity index (χ4v) is 4.40. The first-order valence-corrected chi connectivity index (χ1v) is 7.85. The first-order valence-electron chi connectivity index (χ1n) is 6.91. The highest BCUT2D eigenvalue weighted by molar-refractivity contribution is 7.97. The predicted molar refractivity (Wildman–Crippen MR) is 76.6 cm³/mol. The molecule has 0 heterocycles. The molecule has 0 aromatic carbocycles. The molecule has 0 aromatic rings. The molecule has 0 spiro atoms. The molecule has 21 heavy (non-hydrogen) atoms. The number of carbonyl (C=O) groups is 2. The fourth-order valence-electron chi connectivity index (χ4n) is 3.03. The third-order valence-corrected chi connectivity index (χ3v) is 6.30. The van der Waals surface area contributed by atoms with E-state index in [4.69, 9.17) is 0 Å². The van der Waals surface area contributed by atoms with Crippen LogP contribution in [0.4, 0.5) is 13.2 Å². The molecule has 2 unspecified atom stereocenters. The Kier molecular flexibility index (Phi) is 5.08. The number of amides is 1. The van der Waals surface area contributed by atoms with Crippen molar-refractivity contribution >= 4 is 23.6 Å². The number of halogens is 3. The SMILES string of the molecule is CCC1(CSN(C)C(=O)C(F)(F)F)C(=O)CC(C)C1(C)C. The molecule has 1 aliphatic carbocycles. The third kappa shape index (κ3) is 3.07. The largest absolute Gasteiger partial charge is 0.472 e.